The first kappa shape index (κ1) is 24.1. The van der Waals surface area contributed by atoms with Crippen LogP contribution in [0.3, 0.4) is 0 Å². The third-order valence-corrected chi connectivity index (χ3v) is 7.47. The van der Waals surface area contributed by atoms with E-state index >= 15 is 0 Å². The Balaban J connectivity index is 1.29. The summed E-state index contributed by atoms with van der Waals surface area (Å²) in [6, 6.07) is 3.87. The van der Waals surface area contributed by atoms with Crippen molar-refractivity contribution in [2.45, 2.75) is 32.1 Å². The number of amides is 1. The number of anilines is 1. The molecular weight excluding hydrogens is 490 g/mol. The fraction of sp³-hybridized carbons (Fsp3) is 0.407. The van der Waals surface area contributed by atoms with Crippen molar-refractivity contribution in [3.05, 3.63) is 53.2 Å². The summed E-state index contributed by atoms with van der Waals surface area (Å²) in [6.07, 6.45) is 8.06. The molecule has 5 heterocycles. The van der Waals surface area contributed by atoms with Crippen LogP contribution in [0.25, 0.3) is 10.8 Å². The minimum atomic E-state index is 0.0237. The van der Waals surface area contributed by atoms with Crippen LogP contribution in [0.4, 0.5) is 5.82 Å². The van der Waals surface area contributed by atoms with Crippen molar-refractivity contribution in [2.75, 3.05) is 38.4 Å². The molecule has 37 heavy (non-hydrogen) atoms. The van der Waals surface area contributed by atoms with Gasteiger partial charge in [-0.1, -0.05) is 5.92 Å². The molecule has 1 N–H and O–H groups in total. The Bertz CT molecular complexity index is 1390. The molecular formula is C27H27N5O4S. The van der Waals surface area contributed by atoms with Crippen molar-refractivity contribution < 1.29 is 18.5 Å². The van der Waals surface area contributed by atoms with E-state index in [1.54, 1.807) is 18.6 Å². The second-order valence-corrected chi connectivity index (χ2v) is 10.3. The van der Waals surface area contributed by atoms with E-state index in [4.69, 9.17) is 13.7 Å². The standard InChI is InChI=1S/C27H27N5O4S/c1-17-24-13-30-26(31-27(33)18-2-3-18)11-22(24)19(12-28-17)4-5-21-10-23(20-6-8-34-15-20)25(14-29-21)36-37-32-7-9-35-16-32/h10-14,18,20H,2-3,6-9,15-16H2,1H3,(H,30,31,33). The molecule has 0 radical (unpaired) electrons. The highest BCUT2D eigenvalue weighted by Gasteiger charge is 2.30. The SMILES string of the molecule is Cc1ncc(C#Cc2cc(C3CCOC3)c(OSN3CCOC3)cn2)c2cc(NC(=O)C3CC3)ncc12. The molecule has 3 fully saturated rings. The zero-order chi connectivity index (χ0) is 25.2. The summed E-state index contributed by atoms with van der Waals surface area (Å²) in [5.74, 6) is 8.07. The van der Waals surface area contributed by atoms with Gasteiger partial charge in [0, 0.05) is 59.4 Å². The van der Waals surface area contributed by atoms with Gasteiger partial charge in [-0.3, -0.25) is 9.78 Å². The molecule has 9 nitrogen and oxygen atoms in total. The molecule has 10 heteroatoms. The van der Waals surface area contributed by atoms with Crippen LogP contribution in [0.15, 0.2) is 30.7 Å². The lowest BCUT2D eigenvalue weighted by atomic mass is 9.98. The molecule has 2 saturated heterocycles. The van der Waals surface area contributed by atoms with Crippen LogP contribution >= 0.6 is 12.2 Å². The number of nitrogens with one attached hydrogen (secondary N) is 1. The van der Waals surface area contributed by atoms with Crippen molar-refractivity contribution in [1.82, 2.24) is 19.3 Å². The summed E-state index contributed by atoms with van der Waals surface area (Å²) in [5, 5.41) is 4.72. The maximum Gasteiger partial charge on any atom is 0.228 e. The summed E-state index contributed by atoms with van der Waals surface area (Å²) in [4.78, 5) is 25.7. The lowest BCUT2D eigenvalue weighted by Gasteiger charge is -2.16. The fourth-order valence-electron chi connectivity index (χ4n) is 4.38. The Morgan fingerprint density at radius 1 is 1.08 bits per heavy atom. The summed E-state index contributed by atoms with van der Waals surface area (Å²) in [6.45, 7) is 5.40. The predicted octanol–water partition coefficient (Wildman–Crippen LogP) is 3.82. The van der Waals surface area contributed by atoms with Gasteiger partial charge in [-0.15, -0.1) is 0 Å². The molecule has 0 spiro atoms. The number of rotatable bonds is 6. The zero-order valence-corrected chi connectivity index (χ0v) is 21.3. The van der Waals surface area contributed by atoms with E-state index in [-0.39, 0.29) is 17.7 Å². The molecule has 1 atom stereocenters. The number of hydrogen-bond acceptors (Lipinski definition) is 9. The van der Waals surface area contributed by atoms with Gasteiger partial charge in [0.2, 0.25) is 5.91 Å². The first-order valence-electron chi connectivity index (χ1n) is 12.5. The molecule has 190 valence electrons. The van der Waals surface area contributed by atoms with Crippen molar-refractivity contribution in [3.63, 3.8) is 0 Å². The average Bonchev–Trinajstić information content (AvgIpc) is 3.37. The van der Waals surface area contributed by atoms with Crippen molar-refractivity contribution in [1.29, 1.82) is 0 Å². The van der Waals surface area contributed by atoms with E-state index in [2.05, 4.69) is 32.1 Å². The van der Waals surface area contributed by atoms with E-state index in [1.807, 2.05) is 23.4 Å². The molecule has 1 unspecified atom stereocenters. The predicted molar refractivity (Wildman–Crippen MR) is 140 cm³/mol. The Labute approximate surface area is 219 Å². The van der Waals surface area contributed by atoms with Crippen LogP contribution in [-0.4, -0.2) is 58.3 Å². The van der Waals surface area contributed by atoms with Crippen molar-refractivity contribution in [3.8, 4) is 17.6 Å². The first-order valence-corrected chi connectivity index (χ1v) is 13.2. The van der Waals surface area contributed by atoms with Gasteiger partial charge in [0.15, 0.2) is 5.75 Å². The van der Waals surface area contributed by atoms with Gasteiger partial charge < -0.3 is 19.0 Å². The highest BCUT2D eigenvalue weighted by Crippen LogP contribution is 2.35. The summed E-state index contributed by atoms with van der Waals surface area (Å²) >= 11 is 1.29. The van der Waals surface area contributed by atoms with Crippen LogP contribution < -0.4 is 9.50 Å². The fourth-order valence-corrected chi connectivity index (χ4v) is 4.98. The monoisotopic (exact) mass is 517 g/mol. The molecule has 1 aliphatic carbocycles. The quantitative estimate of drug-likeness (QED) is 0.297. The minimum Gasteiger partial charge on any atom is -0.407 e. The smallest absolute Gasteiger partial charge is 0.228 e. The first-order chi connectivity index (χ1) is 18.1. The number of aromatic nitrogens is 3. The molecule has 0 aromatic carbocycles. The van der Waals surface area contributed by atoms with Crippen molar-refractivity contribution >= 4 is 34.7 Å². The van der Waals surface area contributed by atoms with Crippen LogP contribution in [-0.2, 0) is 14.3 Å². The number of nitrogens with zero attached hydrogens (tertiary/aromatic N) is 4. The van der Waals surface area contributed by atoms with E-state index < -0.39 is 0 Å². The second-order valence-electron chi connectivity index (χ2n) is 9.45. The van der Waals surface area contributed by atoms with E-state index in [0.717, 1.165) is 65.8 Å². The average molecular weight is 518 g/mol. The molecule has 3 aliphatic rings. The van der Waals surface area contributed by atoms with Crippen LogP contribution in [0.1, 0.15) is 47.7 Å². The molecule has 2 aliphatic heterocycles. The Morgan fingerprint density at radius 2 is 2.00 bits per heavy atom. The lowest BCUT2D eigenvalue weighted by molar-refractivity contribution is -0.117. The maximum absolute atomic E-state index is 12.2. The number of fused-ring (bicyclic) bond motifs is 1. The summed E-state index contributed by atoms with van der Waals surface area (Å²) in [5.41, 5.74) is 3.30. The third kappa shape index (κ3) is 5.55. The Hall–Kier alpha value is -3.23. The van der Waals surface area contributed by atoms with E-state index in [0.29, 0.717) is 31.5 Å². The number of carbonyl (C=O) groups is 1. The van der Waals surface area contributed by atoms with E-state index in [1.165, 1.54) is 12.2 Å². The van der Waals surface area contributed by atoms with Gasteiger partial charge in [-0.25, -0.2) is 9.97 Å². The second kappa shape index (κ2) is 10.6. The Kier molecular flexibility index (Phi) is 6.93. The van der Waals surface area contributed by atoms with Gasteiger partial charge in [0.25, 0.3) is 0 Å². The minimum absolute atomic E-state index is 0.0237. The van der Waals surface area contributed by atoms with Crippen LogP contribution in [0, 0.1) is 24.7 Å². The highest BCUT2D eigenvalue weighted by molar-refractivity contribution is 7.92. The molecule has 3 aromatic heterocycles. The lowest BCUT2D eigenvalue weighted by Crippen LogP contribution is -2.14. The van der Waals surface area contributed by atoms with Gasteiger partial charge >= 0.3 is 0 Å². The largest absolute Gasteiger partial charge is 0.407 e. The number of ether oxygens (including phenoxy) is 2. The zero-order valence-electron chi connectivity index (χ0n) is 20.5. The summed E-state index contributed by atoms with van der Waals surface area (Å²) < 4.78 is 19.1. The van der Waals surface area contributed by atoms with E-state index in [9.17, 15) is 4.79 Å². The molecule has 3 aromatic rings. The van der Waals surface area contributed by atoms with Crippen molar-refractivity contribution in [2.24, 2.45) is 5.92 Å². The van der Waals surface area contributed by atoms with Gasteiger partial charge in [0.1, 0.15) is 30.5 Å². The topological polar surface area (TPSA) is 98.7 Å². The third-order valence-electron chi connectivity index (χ3n) is 6.72. The number of pyridine rings is 3. The number of hydrogen-bond donors (Lipinski definition) is 1. The molecule has 1 amide bonds. The molecule has 0 bridgehead atoms. The Morgan fingerprint density at radius 3 is 2.78 bits per heavy atom. The van der Waals surface area contributed by atoms with Gasteiger partial charge in [-0.2, -0.15) is 4.31 Å². The maximum atomic E-state index is 12.2. The van der Waals surface area contributed by atoms with Gasteiger partial charge in [0.05, 0.1) is 25.0 Å². The molecule has 6 rings (SSSR count). The normalized spacial score (nSPS) is 19.5. The van der Waals surface area contributed by atoms with Gasteiger partial charge in [-0.05, 0) is 44.2 Å². The van der Waals surface area contributed by atoms with Crippen LogP contribution in [0.2, 0.25) is 0 Å². The van der Waals surface area contributed by atoms with Crippen LogP contribution in [0.5, 0.6) is 5.75 Å². The number of carbonyl (C=O) groups excluding carboxylic acids is 1. The molecule has 1 saturated carbocycles. The number of aryl methyl sites for hydroxylation is 1. The summed E-state index contributed by atoms with van der Waals surface area (Å²) in [7, 11) is 0. The highest BCUT2D eigenvalue weighted by atomic mass is 32.2.